The number of methoxy groups -OCH3 is 2. The highest BCUT2D eigenvalue weighted by molar-refractivity contribution is 6.32. The van der Waals surface area contributed by atoms with E-state index in [2.05, 4.69) is 22.4 Å². The number of nitrogens with one attached hydrogen (secondary N) is 1. The van der Waals surface area contributed by atoms with Gasteiger partial charge in [0.1, 0.15) is 10.8 Å². The number of hydrogen-bond acceptors (Lipinski definition) is 6. The molecule has 0 spiro atoms. The Kier molecular flexibility index (Phi) is 10.3. The summed E-state index contributed by atoms with van der Waals surface area (Å²) in [6.45, 7) is 2.72. The first-order chi connectivity index (χ1) is 17.4. The van der Waals surface area contributed by atoms with Crippen LogP contribution in [0.4, 0.5) is 10.1 Å². The second-order valence-electron chi connectivity index (χ2n) is 8.34. The minimum atomic E-state index is -0.363. The molecular formula is C27H32ClFN4O3. The van der Waals surface area contributed by atoms with Gasteiger partial charge in [-0.25, -0.2) is 9.07 Å². The van der Waals surface area contributed by atoms with Crippen molar-refractivity contribution in [2.45, 2.75) is 19.4 Å². The van der Waals surface area contributed by atoms with Gasteiger partial charge in [0.25, 0.3) is 5.56 Å². The zero-order valence-corrected chi connectivity index (χ0v) is 21.6. The third-order valence-corrected chi connectivity index (χ3v) is 6.07. The third-order valence-electron chi connectivity index (χ3n) is 5.71. The number of halogens is 2. The smallest absolute Gasteiger partial charge is 0.287 e. The molecule has 9 heteroatoms. The molecule has 0 amide bonds. The number of allylic oxidation sites excluding steroid dienone is 1. The Labute approximate surface area is 216 Å². The van der Waals surface area contributed by atoms with E-state index in [1.807, 2.05) is 18.2 Å². The number of rotatable bonds is 13. The van der Waals surface area contributed by atoms with Gasteiger partial charge in [0, 0.05) is 13.1 Å². The number of likely N-dealkylation sites (N-methyl/N-ethyl adjacent to an activating group) is 1. The summed E-state index contributed by atoms with van der Waals surface area (Å²) in [6.07, 6.45) is 6.92. The number of aromatic nitrogens is 2. The Bertz CT molecular complexity index is 1210. The van der Waals surface area contributed by atoms with Crippen molar-refractivity contribution in [3.63, 3.8) is 0 Å². The number of benzene rings is 2. The molecule has 2 aromatic carbocycles. The molecule has 0 atom stereocenters. The molecule has 0 saturated carbocycles. The quantitative estimate of drug-likeness (QED) is 0.332. The lowest BCUT2D eigenvalue weighted by Gasteiger charge is -2.17. The molecule has 0 bridgehead atoms. The van der Waals surface area contributed by atoms with Crippen LogP contribution in [0.3, 0.4) is 0 Å². The lowest BCUT2D eigenvalue weighted by molar-refractivity contribution is 0.335. The minimum absolute atomic E-state index is 0.113. The van der Waals surface area contributed by atoms with Crippen LogP contribution in [0, 0.1) is 5.82 Å². The van der Waals surface area contributed by atoms with E-state index in [1.165, 1.54) is 22.4 Å². The molecule has 0 aliphatic heterocycles. The lowest BCUT2D eigenvalue weighted by atomic mass is 10.1. The summed E-state index contributed by atoms with van der Waals surface area (Å²) in [5.41, 5.74) is 2.18. The Hall–Kier alpha value is -3.36. The maximum Gasteiger partial charge on any atom is 0.287 e. The molecule has 0 radical (unpaired) electrons. The van der Waals surface area contributed by atoms with Gasteiger partial charge in [-0.3, -0.25) is 4.79 Å². The second kappa shape index (κ2) is 13.7. The molecule has 7 nitrogen and oxygen atoms in total. The van der Waals surface area contributed by atoms with Crippen molar-refractivity contribution >= 4 is 23.4 Å². The Balaban J connectivity index is 1.42. The van der Waals surface area contributed by atoms with Crippen molar-refractivity contribution in [3.05, 3.63) is 87.1 Å². The van der Waals surface area contributed by atoms with Crippen molar-refractivity contribution in [3.8, 4) is 11.5 Å². The van der Waals surface area contributed by atoms with E-state index in [0.29, 0.717) is 12.2 Å². The van der Waals surface area contributed by atoms with Crippen molar-refractivity contribution in [2.75, 3.05) is 46.2 Å². The van der Waals surface area contributed by atoms with Crippen LogP contribution >= 0.6 is 11.6 Å². The van der Waals surface area contributed by atoms with Crippen LogP contribution in [0.5, 0.6) is 11.5 Å². The first kappa shape index (κ1) is 27.2. The minimum Gasteiger partial charge on any atom is -0.493 e. The normalized spacial score (nSPS) is 11.3. The van der Waals surface area contributed by atoms with Gasteiger partial charge in [0.05, 0.1) is 32.6 Å². The summed E-state index contributed by atoms with van der Waals surface area (Å²) in [6, 6.07) is 12.1. The van der Waals surface area contributed by atoms with Gasteiger partial charge >= 0.3 is 0 Å². The zero-order chi connectivity index (χ0) is 25.9. The highest BCUT2D eigenvalue weighted by Gasteiger charge is 2.09. The highest BCUT2D eigenvalue weighted by atomic mass is 35.5. The molecule has 0 fully saturated rings. The predicted molar refractivity (Wildman–Crippen MR) is 143 cm³/mol. The van der Waals surface area contributed by atoms with Crippen LogP contribution in [0.2, 0.25) is 5.02 Å². The molecule has 0 aliphatic rings. The van der Waals surface area contributed by atoms with E-state index >= 15 is 0 Å². The van der Waals surface area contributed by atoms with E-state index in [9.17, 15) is 9.18 Å². The summed E-state index contributed by atoms with van der Waals surface area (Å²) in [7, 11) is 5.34. The number of anilines is 1. The monoisotopic (exact) mass is 514 g/mol. The first-order valence-electron chi connectivity index (χ1n) is 11.7. The van der Waals surface area contributed by atoms with Gasteiger partial charge in [0.2, 0.25) is 0 Å². The molecule has 1 aromatic heterocycles. The maximum atomic E-state index is 13.0. The molecular weight excluding hydrogens is 483 g/mol. The van der Waals surface area contributed by atoms with E-state index in [4.69, 9.17) is 21.1 Å². The summed E-state index contributed by atoms with van der Waals surface area (Å²) in [4.78, 5) is 14.8. The maximum absolute atomic E-state index is 13.0. The highest BCUT2D eigenvalue weighted by Crippen LogP contribution is 2.27. The zero-order valence-electron chi connectivity index (χ0n) is 20.8. The van der Waals surface area contributed by atoms with Gasteiger partial charge in [-0.2, -0.15) is 5.10 Å². The second-order valence-corrected chi connectivity index (χ2v) is 8.71. The van der Waals surface area contributed by atoms with Crippen LogP contribution in [0.25, 0.3) is 6.08 Å². The van der Waals surface area contributed by atoms with Gasteiger partial charge in [-0.05, 0) is 61.8 Å². The average molecular weight is 515 g/mol. The summed E-state index contributed by atoms with van der Waals surface area (Å²) < 4.78 is 24.9. The lowest BCUT2D eigenvalue weighted by Crippen LogP contribution is -2.25. The first-order valence-corrected chi connectivity index (χ1v) is 12.1. The van der Waals surface area contributed by atoms with Crippen LogP contribution in [0.15, 0.2) is 59.5 Å². The largest absolute Gasteiger partial charge is 0.493 e. The average Bonchev–Trinajstić information content (AvgIpc) is 2.89. The molecule has 3 rings (SSSR count). The molecule has 36 heavy (non-hydrogen) atoms. The molecule has 192 valence electrons. The fourth-order valence-electron chi connectivity index (χ4n) is 3.62. The van der Waals surface area contributed by atoms with Gasteiger partial charge in [0.15, 0.2) is 11.5 Å². The molecule has 0 unspecified atom stereocenters. The van der Waals surface area contributed by atoms with Crippen molar-refractivity contribution < 1.29 is 13.9 Å². The predicted octanol–water partition coefficient (Wildman–Crippen LogP) is 4.74. The Morgan fingerprint density at radius 1 is 1.11 bits per heavy atom. The fraction of sp³-hybridized carbons (Fsp3) is 0.333. The molecule has 1 N–H and O–H groups in total. The fourth-order valence-corrected chi connectivity index (χ4v) is 3.83. The standard InChI is InChI=1S/C27H32ClFN4O3/c1-32(17-13-21-9-12-24(35-2)25(18-21)36-3)15-5-14-30-23-19-31-33(27(34)26(23)28)16-4-6-20-7-10-22(29)11-8-20/h4,6-12,18-19,30H,5,13-17H2,1-3H3. The van der Waals surface area contributed by atoms with Gasteiger partial charge < -0.3 is 19.7 Å². The Morgan fingerprint density at radius 3 is 2.58 bits per heavy atom. The van der Waals surface area contributed by atoms with Crippen LogP contribution in [0.1, 0.15) is 17.5 Å². The molecule has 3 aromatic rings. The number of ether oxygens (including phenoxy) is 2. The number of hydrogen-bond donors (Lipinski definition) is 1. The van der Waals surface area contributed by atoms with Gasteiger partial charge in [-0.15, -0.1) is 0 Å². The van der Waals surface area contributed by atoms with Crippen molar-refractivity contribution in [1.29, 1.82) is 0 Å². The molecule has 0 aliphatic carbocycles. The molecule has 0 saturated heterocycles. The third kappa shape index (κ3) is 7.83. The summed E-state index contributed by atoms with van der Waals surface area (Å²) in [5, 5.41) is 7.52. The van der Waals surface area contributed by atoms with Crippen molar-refractivity contribution in [1.82, 2.24) is 14.7 Å². The van der Waals surface area contributed by atoms with Crippen LogP contribution in [-0.2, 0) is 13.0 Å². The summed E-state index contributed by atoms with van der Waals surface area (Å²) >= 11 is 6.29. The van der Waals surface area contributed by atoms with Crippen LogP contribution in [-0.4, -0.2) is 55.6 Å². The van der Waals surface area contributed by atoms with Crippen LogP contribution < -0.4 is 20.3 Å². The van der Waals surface area contributed by atoms with Gasteiger partial charge in [-0.1, -0.05) is 42.0 Å². The molecule has 1 heterocycles. The van der Waals surface area contributed by atoms with E-state index in [-0.39, 0.29) is 22.9 Å². The van der Waals surface area contributed by atoms with E-state index < -0.39 is 0 Å². The van der Waals surface area contributed by atoms with E-state index in [0.717, 1.165) is 43.0 Å². The number of nitrogens with zero attached hydrogens (tertiary/aromatic N) is 3. The topological polar surface area (TPSA) is 68.6 Å². The summed E-state index contributed by atoms with van der Waals surface area (Å²) in [5.74, 6) is 1.17. The van der Waals surface area contributed by atoms with E-state index in [1.54, 1.807) is 44.7 Å². The van der Waals surface area contributed by atoms with Crippen molar-refractivity contribution in [2.24, 2.45) is 0 Å². The Morgan fingerprint density at radius 2 is 1.86 bits per heavy atom. The SMILES string of the molecule is COc1ccc(CCN(C)CCCNc2cnn(CC=Cc3ccc(F)cc3)c(=O)c2Cl)cc1OC.